The molecule has 1 N–H and O–H groups in total. The fourth-order valence-corrected chi connectivity index (χ4v) is 0.743. The molecule has 0 radical (unpaired) electrons. The van der Waals surface area contributed by atoms with Crippen molar-refractivity contribution in [2.45, 2.75) is 19.0 Å². The van der Waals surface area contributed by atoms with Gasteiger partial charge in [0.15, 0.2) is 0 Å². The summed E-state index contributed by atoms with van der Waals surface area (Å²) in [4.78, 5) is 10.3. The molecule has 1 heterocycles. The Labute approximate surface area is 47.1 Å². The largest absolute Gasteiger partial charge is 0.353 e. The van der Waals surface area contributed by atoms with Crippen molar-refractivity contribution >= 4 is 5.91 Å². The number of alkyl halides is 1. The quantitative estimate of drug-likeness (QED) is 0.483. The molecule has 2 nitrogen and oxygen atoms in total. The Morgan fingerprint density at radius 3 is 2.62 bits per heavy atom. The number of hydrogen-bond acceptors (Lipinski definition) is 1. The number of nitrogens with one attached hydrogen (secondary N) is 1. The highest BCUT2D eigenvalue weighted by molar-refractivity contribution is 5.79. The van der Waals surface area contributed by atoms with Crippen LogP contribution in [0.2, 0.25) is 0 Å². The normalized spacial score (nSPS) is 37.5. The molecule has 0 saturated carbocycles. The van der Waals surface area contributed by atoms with Crippen LogP contribution in [0, 0.1) is 0 Å². The first-order valence-corrected chi connectivity index (χ1v) is 2.56. The molecule has 46 valence electrons. The number of halogens is 1. The highest BCUT2D eigenvalue weighted by atomic mass is 19.1. The summed E-state index contributed by atoms with van der Waals surface area (Å²) < 4.78 is 12.6. The Morgan fingerprint density at radius 1 is 1.88 bits per heavy atom. The van der Waals surface area contributed by atoms with E-state index in [0.717, 1.165) is 0 Å². The van der Waals surface area contributed by atoms with Gasteiger partial charge in [0.1, 0.15) is 5.67 Å². The molecule has 1 fully saturated rings. The van der Waals surface area contributed by atoms with Crippen LogP contribution in [-0.4, -0.2) is 18.1 Å². The molecular weight excluding hydrogens is 109 g/mol. The predicted octanol–water partition coefficient (Wildman–Crippen LogP) is 0.235. The molecule has 1 aliphatic heterocycles. The summed E-state index contributed by atoms with van der Waals surface area (Å²) >= 11 is 0. The molecule has 0 aromatic rings. The molecule has 0 aliphatic carbocycles. The molecule has 1 aliphatic rings. The molecule has 1 saturated heterocycles. The maximum atomic E-state index is 12.6. The number of amides is 1. The Morgan fingerprint density at radius 2 is 2.50 bits per heavy atom. The lowest BCUT2D eigenvalue weighted by Crippen LogP contribution is -2.21. The van der Waals surface area contributed by atoms with Crippen LogP contribution in [0.4, 0.5) is 4.39 Å². The SMILES string of the molecule is CC1(F)CNC(=O)C1. The Balaban J connectivity index is 2.56. The number of carbonyl (C=O) groups excluding carboxylic acids is 1. The summed E-state index contributed by atoms with van der Waals surface area (Å²) in [7, 11) is 0. The van der Waals surface area contributed by atoms with Gasteiger partial charge in [0.2, 0.25) is 5.91 Å². The van der Waals surface area contributed by atoms with E-state index in [1.165, 1.54) is 6.92 Å². The maximum absolute atomic E-state index is 12.6. The number of rotatable bonds is 0. The van der Waals surface area contributed by atoms with Crippen molar-refractivity contribution < 1.29 is 9.18 Å². The topological polar surface area (TPSA) is 29.1 Å². The maximum Gasteiger partial charge on any atom is 0.223 e. The highest BCUT2D eigenvalue weighted by Gasteiger charge is 2.33. The van der Waals surface area contributed by atoms with E-state index < -0.39 is 5.67 Å². The number of carbonyl (C=O) groups is 1. The summed E-state index contributed by atoms with van der Waals surface area (Å²) in [6, 6.07) is 0. The van der Waals surface area contributed by atoms with Crippen LogP contribution in [0.3, 0.4) is 0 Å². The van der Waals surface area contributed by atoms with Gasteiger partial charge in [0, 0.05) is 0 Å². The molecule has 1 atom stereocenters. The first-order valence-electron chi connectivity index (χ1n) is 2.56. The van der Waals surface area contributed by atoms with Crippen LogP contribution in [0.25, 0.3) is 0 Å². The summed E-state index contributed by atoms with van der Waals surface area (Å²) in [6.07, 6.45) is 0.0208. The fourth-order valence-electron chi connectivity index (χ4n) is 0.743. The van der Waals surface area contributed by atoms with Crippen LogP contribution in [0.5, 0.6) is 0 Å². The summed E-state index contributed by atoms with van der Waals surface area (Å²) in [5.74, 6) is -0.185. The second-order valence-corrected chi connectivity index (χ2v) is 2.37. The van der Waals surface area contributed by atoms with Gasteiger partial charge >= 0.3 is 0 Å². The molecule has 0 aromatic heterocycles. The Kier molecular flexibility index (Phi) is 0.994. The monoisotopic (exact) mass is 117 g/mol. The van der Waals surface area contributed by atoms with E-state index in [-0.39, 0.29) is 18.9 Å². The van der Waals surface area contributed by atoms with Crippen LogP contribution < -0.4 is 5.32 Å². The zero-order chi connectivity index (χ0) is 6.20. The minimum absolute atomic E-state index is 0.0208. The van der Waals surface area contributed by atoms with Gasteiger partial charge < -0.3 is 5.32 Å². The lowest BCUT2D eigenvalue weighted by atomic mass is 10.1. The molecule has 0 spiro atoms. The van der Waals surface area contributed by atoms with Gasteiger partial charge in [-0.2, -0.15) is 0 Å². The Hall–Kier alpha value is -0.600. The summed E-state index contributed by atoms with van der Waals surface area (Å²) in [5.41, 5.74) is -1.29. The standard InChI is InChI=1S/C5H8FNO/c1-5(6)2-4(8)7-3-5/h2-3H2,1H3,(H,7,8). The summed E-state index contributed by atoms with van der Waals surface area (Å²) in [5, 5.41) is 2.40. The van der Waals surface area contributed by atoms with Crippen molar-refractivity contribution in [1.29, 1.82) is 0 Å². The van der Waals surface area contributed by atoms with E-state index in [4.69, 9.17) is 0 Å². The van der Waals surface area contributed by atoms with Gasteiger partial charge in [-0.25, -0.2) is 4.39 Å². The van der Waals surface area contributed by atoms with Crippen LogP contribution >= 0.6 is 0 Å². The third-order valence-electron chi connectivity index (χ3n) is 1.18. The van der Waals surface area contributed by atoms with Crippen molar-refractivity contribution in [1.82, 2.24) is 5.32 Å². The van der Waals surface area contributed by atoms with Crippen molar-refractivity contribution in [2.75, 3.05) is 6.54 Å². The summed E-state index contributed by atoms with van der Waals surface area (Å²) in [6.45, 7) is 1.59. The molecule has 1 unspecified atom stereocenters. The highest BCUT2D eigenvalue weighted by Crippen LogP contribution is 2.18. The van der Waals surface area contributed by atoms with Crippen molar-refractivity contribution in [3.63, 3.8) is 0 Å². The third kappa shape index (κ3) is 0.967. The van der Waals surface area contributed by atoms with Gasteiger partial charge in [-0.3, -0.25) is 4.79 Å². The first-order chi connectivity index (χ1) is 3.60. The van der Waals surface area contributed by atoms with Crippen molar-refractivity contribution in [3.05, 3.63) is 0 Å². The molecule has 1 amide bonds. The van der Waals surface area contributed by atoms with E-state index in [1.807, 2.05) is 0 Å². The van der Waals surface area contributed by atoms with Crippen LogP contribution in [0.1, 0.15) is 13.3 Å². The minimum Gasteiger partial charge on any atom is -0.353 e. The second-order valence-electron chi connectivity index (χ2n) is 2.37. The van der Waals surface area contributed by atoms with E-state index >= 15 is 0 Å². The molecular formula is C5H8FNO. The molecule has 0 aromatic carbocycles. The van der Waals surface area contributed by atoms with Crippen LogP contribution in [-0.2, 0) is 4.79 Å². The lowest BCUT2D eigenvalue weighted by molar-refractivity contribution is -0.119. The average molecular weight is 117 g/mol. The van der Waals surface area contributed by atoms with E-state index in [1.54, 1.807) is 0 Å². The van der Waals surface area contributed by atoms with E-state index in [0.29, 0.717) is 0 Å². The van der Waals surface area contributed by atoms with Gasteiger partial charge in [-0.1, -0.05) is 0 Å². The van der Waals surface area contributed by atoms with E-state index in [2.05, 4.69) is 5.32 Å². The van der Waals surface area contributed by atoms with Crippen molar-refractivity contribution in [3.8, 4) is 0 Å². The Bertz CT molecular complexity index is 122. The molecule has 8 heavy (non-hydrogen) atoms. The average Bonchev–Trinajstić information content (AvgIpc) is 1.82. The zero-order valence-electron chi connectivity index (χ0n) is 4.70. The smallest absolute Gasteiger partial charge is 0.223 e. The molecule has 3 heteroatoms. The fraction of sp³-hybridized carbons (Fsp3) is 0.800. The number of hydrogen-bond donors (Lipinski definition) is 1. The molecule has 1 rings (SSSR count). The van der Waals surface area contributed by atoms with Crippen molar-refractivity contribution in [2.24, 2.45) is 0 Å². The van der Waals surface area contributed by atoms with Gasteiger partial charge in [-0.15, -0.1) is 0 Å². The van der Waals surface area contributed by atoms with Gasteiger partial charge in [0.05, 0.1) is 13.0 Å². The predicted molar refractivity (Wildman–Crippen MR) is 27.1 cm³/mol. The van der Waals surface area contributed by atoms with Gasteiger partial charge in [0.25, 0.3) is 0 Å². The van der Waals surface area contributed by atoms with E-state index in [9.17, 15) is 9.18 Å². The lowest BCUT2D eigenvalue weighted by Gasteiger charge is -2.05. The molecule has 0 bridgehead atoms. The minimum atomic E-state index is -1.29. The zero-order valence-corrected chi connectivity index (χ0v) is 4.70. The second kappa shape index (κ2) is 1.44. The van der Waals surface area contributed by atoms with Gasteiger partial charge in [-0.05, 0) is 6.92 Å². The first kappa shape index (κ1) is 5.54. The van der Waals surface area contributed by atoms with Crippen LogP contribution in [0.15, 0.2) is 0 Å². The third-order valence-corrected chi connectivity index (χ3v) is 1.18.